The van der Waals surface area contributed by atoms with Crippen LogP contribution in [0.3, 0.4) is 0 Å². The van der Waals surface area contributed by atoms with Crippen molar-refractivity contribution in [3.05, 3.63) is 74.9 Å². The van der Waals surface area contributed by atoms with Gasteiger partial charge in [0.1, 0.15) is 11.5 Å². The number of thioether (sulfide) groups is 1. The smallest absolute Gasteiger partial charge is 0.277 e. The Kier molecular flexibility index (Phi) is 6.05. The molecule has 1 aromatic heterocycles. The van der Waals surface area contributed by atoms with E-state index in [-0.39, 0.29) is 11.4 Å². The van der Waals surface area contributed by atoms with E-state index in [4.69, 9.17) is 0 Å². The van der Waals surface area contributed by atoms with E-state index in [0.717, 1.165) is 15.1 Å². The van der Waals surface area contributed by atoms with Gasteiger partial charge in [0.2, 0.25) is 5.95 Å². The average molecular weight is 435 g/mol. The molecule has 0 saturated carbocycles. The van der Waals surface area contributed by atoms with Crippen LogP contribution in [0, 0.1) is 5.82 Å². The highest BCUT2D eigenvalue weighted by atomic mass is 79.9. The zero-order valence-electron chi connectivity index (χ0n) is 13.9. The molecule has 0 radical (unpaired) electrons. The van der Waals surface area contributed by atoms with Crippen molar-refractivity contribution in [2.75, 3.05) is 5.32 Å². The second-order valence-electron chi connectivity index (χ2n) is 5.39. The molecule has 0 fully saturated rings. The maximum absolute atomic E-state index is 13.0. The van der Waals surface area contributed by atoms with Crippen molar-refractivity contribution in [2.24, 2.45) is 0 Å². The molecule has 2 aromatic carbocycles. The molecule has 0 atom stereocenters. The van der Waals surface area contributed by atoms with Gasteiger partial charge >= 0.3 is 0 Å². The number of rotatable bonds is 6. The van der Waals surface area contributed by atoms with Crippen LogP contribution in [-0.4, -0.2) is 14.8 Å². The van der Waals surface area contributed by atoms with Crippen LogP contribution < -0.4 is 10.9 Å². The number of benzene rings is 2. The highest BCUT2D eigenvalue weighted by molar-refractivity contribution is 9.10. The number of hydrogen-bond donors (Lipinski definition) is 1. The van der Waals surface area contributed by atoms with Crippen LogP contribution in [0.1, 0.15) is 12.6 Å². The number of aromatic nitrogens is 3. The van der Waals surface area contributed by atoms with Crippen molar-refractivity contribution in [1.82, 2.24) is 14.8 Å². The molecule has 8 heteroatoms. The molecule has 0 aliphatic carbocycles. The summed E-state index contributed by atoms with van der Waals surface area (Å²) in [4.78, 5) is 13.5. The van der Waals surface area contributed by atoms with Gasteiger partial charge in [-0.2, -0.15) is 0 Å². The number of halogens is 2. The Morgan fingerprint density at radius 1 is 1.12 bits per heavy atom. The molecule has 26 heavy (non-hydrogen) atoms. The number of anilines is 2. The van der Waals surface area contributed by atoms with Crippen molar-refractivity contribution in [2.45, 2.75) is 24.1 Å². The van der Waals surface area contributed by atoms with E-state index in [1.54, 1.807) is 16.7 Å². The minimum absolute atomic E-state index is 0.184. The minimum Gasteiger partial charge on any atom is -0.324 e. The van der Waals surface area contributed by atoms with Crippen LogP contribution in [0.4, 0.5) is 16.0 Å². The summed E-state index contributed by atoms with van der Waals surface area (Å²) in [5, 5.41) is 11.4. The SMILES string of the molecule is CCn1c(Nc2ccc(Br)cc2)nnc(CSc2ccc(F)cc2)c1=O. The summed E-state index contributed by atoms with van der Waals surface area (Å²) in [6.45, 7) is 2.36. The first-order valence-electron chi connectivity index (χ1n) is 7.94. The van der Waals surface area contributed by atoms with E-state index in [0.29, 0.717) is 23.9 Å². The molecule has 1 heterocycles. The van der Waals surface area contributed by atoms with Crippen LogP contribution in [0.2, 0.25) is 0 Å². The Balaban J connectivity index is 1.79. The number of nitrogens with zero attached hydrogens (tertiary/aromatic N) is 3. The lowest BCUT2D eigenvalue weighted by Crippen LogP contribution is -2.27. The van der Waals surface area contributed by atoms with Gasteiger partial charge in [-0.25, -0.2) is 4.39 Å². The number of hydrogen-bond acceptors (Lipinski definition) is 5. The van der Waals surface area contributed by atoms with E-state index in [2.05, 4.69) is 31.4 Å². The Labute approximate surface area is 162 Å². The van der Waals surface area contributed by atoms with E-state index >= 15 is 0 Å². The van der Waals surface area contributed by atoms with Gasteiger partial charge in [-0.3, -0.25) is 9.36 Å². The maximum Gasteiger partial charge on any atom is 0.277 e. The third kappa shape index (κ3) is 4.50. The van der Waals surface area contributed by atoms with Crippen molar-refractivity contribution in [3.63, 3.8) is 0 Å². The summed E-state index contributed by atoms with van der Waals surface area (Å²) < 4.78 is 15.5. The predicted molar refractivity (Wildman–Crippen MR) is 105 cm³/mol. The highest BCUT2D eigenvalue weighted by Gasteiger charge is 2.12. The van der Waals surface area contributed by atoms with E-state index < -0.39 is 0 Å². The monoisotopic (exact) mass is 434 g/mol. The van der Waals surface area contributed by atoms with Crippen molar-refractivity contribution in [1.29, 1.82) is 0 Å². The quantitative estimate of drug-likeness (QED) is 0.574. The molecule has 5 nitrogen and oxygen atoms in total. The summed E-state index contributed by atoms with van der Waals surface area (Å²) in [6.07, 6.45) is 0. The summed E-state index contributed by atoms with van der Waals surface area (Å²) in [5.41, 5.74) is 0.997. The molecule has 0 aliphatic heterocycles. The zero-order valence-corrected chi connectivity index (χ0v) is 16.3. The first-order valence-corrected chi connectivity index (χ1v) is 9.72. The molecular weight excluding hydrogens is 419 g/mol. The largest absolute Gasteiger partial charge is 0.324 e. The van der Waals surface area contributed by atoms with Gasteiger partial charge in [-0.05, 0) is 55.5 Å². The topological polar surface area (TPSA) is 59.8 Å². The fraction of sp³-hybridized carbons (Fsp3) is 0.167. The first kappa shape index (κ1) is 18.6. The van der Waals surface area contributed by atoms with Crippen LogP contribution in [-0.2, 0) is 12.3 Å². The molecule has 3 rings (SSSR count). The lowest BCUT2D eigenvalue weighted by molar-refractivity contribution is 0.626. The molecular formula is C18H16BrFN4OS. The number of nitrogens with one attached hydrogen (secondary N) is 1. The summed E-state index contributed by atoms with van der Waals surface area (Å²) >= 11 is 4.81. The fourth-order valence-electron chi connectivity index (χ4n) is 2.28. The van der Waals surface area contributed by atoms with Gasteiger partial charge in [0.25, 0.3) is 5.56 Å². The summed E-state index contributed by atoms with van der Waals surface area (Å²) in [7, 11) is 0. The van der Waals surface area contributed by atoms with Crippen LogP contribution in [0.15, 0.2) is 62.7 Å². The lowest BCUT2D eigenvalue weighted by atomic mass is 10.3. The van der Waals surface area contributed by atoms with E-state index in [9.17, 15) is 9.18 Å². The van der Waals surface area contributed by atoms with Crippen molar-refractivity contribution >= 4 is 39.3 Å². The molecule has 0 spiro atoms. The Morgan fingerprint density at radius 3 is 2.46 bits per heavy atom. The summed E-state index contributed by atoms with van der Waals surface area (Å²) in [5.74, 6) is 0.483. The Morgan fingerprint density at radius 2 is 1.81 bits per heavy atom. The van der Waals surface area contributed by atoms with Gasteiger partial charge in [0.15, 0.2) is 0 Å². The van der Waals surface area contributed by atoms with Crippen molar-refractivity contribution < 1.29 is 4.39 Å². The van der Waals surface area contributed by atoms with Crippen LogP contribution in [0.5, 0.6) is 0 Å². The third-order valence-electron chi connectivity index (χ3n) is 3.62. The normalized spacial score (nSPS) is 10.7. The molecule has 0 saturated heterocycles. The van der Waals surface area contributed by atoms with Gasteiger partial charge in [0, 0.05) is 27.4 Å². The van der Waals surface area contributed by atoms with Gasteiger partial charge in [0.05, 0.1) is 0 Å². The molecule has 0 unspecified atom stereocenters. The fourth-order valence-corrected chi connectivity index (χ4v) is 3.36. The van der Waals surface area contributed by atoms with Crippen LogP contribution in [0.25, 0.3) is 0 Å². The average Bonchev–Trinajstić information content (AvgIpc) is 2.64. The maximum atomic E-state index is 13.0. The van der Waals surface area contributed by atoms with E-state index in [1.165, 1.54) is 23.9 Å². The second kappa shape index (κ2) is 8.46. The van der Waals surface area contributed by atoms with Crippen LogP contribution >= 0.6 is 27.7 Å². The molecule has 3 aromatic rings. The third-order valence-corrected chi connectivity index (χ3v) is 5.17. The van der Waals surface area contributed by atoms with Gasteiger partial charge in [-0.1, -0.05) is 15.9 Å². The first-order chi connectivity index (χ1) is 12.6. The minimum atomic E-state index is -0.286. The Bertz CT molecular complexity index is 945. The summed E-state index contributed by atoms with van der Waals surface area (Å²) in [6, 6.07) is 13.7. The lowest BCUT2D eigenvalue weighted by Gasteiger charge is -2.12. The standard InChI is InChI=1S/C18H16BrFN4OS/c1-2-24-17(25)16(11-26-15-9-5-13(20)6-10-15)22-23-18(24)21-14-7-3-12(19)4-8-14/h3-10H,2,11H2,1H3,(H,21,23). The van der Waals surface area contributed by atoms with E-state index in [1.807, 2.05) is 31.2 Å². The van der Waals surface area contributed by atoms with Gasteiger partial charge in [-0.15, -0.1) is 22.0 Å². The van der Waals surface area contributed by atoms with Crippen molar-refractivity contribution in [3.8, 4) is 0 Å². The predicted octanol–water partition coefficient (Wildman–Crippen LogP) is 4.60. The second-order valence-corrected chi connectivity index (χ2v) is 7.36. The zero-order chi connectivity index (χ0) is 18.5. The molecule has 0 amide bonds. The molecule has 0 bridgehead atoms. The Hall–Kier alpha value is -2.19. The molecule has 1 N–H and O–H groups in total. The molecule has 134 valence electrons. The molecule has 0 aliphatic rings. The highest BCUT2D eigenvalue weighted by Crippen LogP contribution is 2.21. The van der Waals surface area contributed by atoms with Gasteiger partial charge < -0.3 is 5.32 Å².